The summed E-state index contributed by atoms with van der Waals surface area (Å²) in [6.07, 6.45) is 1.29. The van der Waals surface area contributed by atoms with Crippen molar-refractivity contribution in [3.8, 4) is 0 Å². The topological polar surface area (TPSA) is 23.5 Å². The summed E-state index contributed by atoms with van der Waals surface area (Å²) in [7, 11) is 0. The molecule has 3 heteroatoms. The first-order valence-corrected chi connectivity index (χ1v) is 6.62. The third-order valence-electron chi connectivity index (χ3n) is 3.42. The molecular weight excluding hydrogens is 234 g/mol. The normalized spacial score (nSPS) is 25.1. The number of benzene rings is 1. The van der Waals surface area contributed by atoms with Crippen molar-refractivity contribution in [1.29, 1.82) is 0 Å². The fourth-order valence-corrected chi connectivity index (χ4v) is 3.04. The lowest BCUT2D eigenvalue weighted by atomic mass is 9.91. The van der Waals surface area contributed by atoms with Gasteiger partial charge in [-0.1, -0.05) is 25.4 Å². The van der Waals surface area contributed by atoms with E-state index in [-0.39, 0.29) is 6.61 Å². The number of aliphatic hydroxyl groups excluding tert-OH is 1. The highest BCUT2D eigenvalue weighted by molar-refractivity contribution is 6.30. The Labute approximate surface area is 108 Å². The molecule has 17 heavy (non-hydrogen) atoms. The smallest absolute Gasteiger partial charge is 0.0702 e. The van der Waals surface area contributed by atoms with Crippen LogP contribution in [0.1, 0.15) is 25.8 Å². The quantitative estimate of drug-likeness (QED) is 0.874. The van der Waals surface area contributed by atoms with Crippen LogP contribution < -0.4 is 4.90 Å². The Balaban J connectivity index is 2.26. The fraction of sp³-hybridized carbons (Fsp3) is 0.571. The zero-order valence-electron chi connectivity index (χ0n) is 10.5. The van der Waals surface area contributed by atoms with Gasteiger partial charge in [0.15, 0.2) is 0 Å². The molecule has 0 spiro atoms. The maximum Gasteiger partial charge on any atom is 0.0702 e. The molecule has 1 aromatic carbocycles. The van der Waals surface area contributed by atoms with Gasteiger partial charge in [0.2, 0.25) is 0 Å². The predicted molar refractivity (Wildman–Crippen MR) is 72.5 cm³/mol. The Morgan fingerprint density at radius 3 is 2.53 bits per heavy atom. The van der Waals surface area contributed by atoms with Gasteiger partial charge in [0, 0.05) is 29.4 Å². The highest BCUT2D eigenvalue weighted by atomic mass is 35.5. The molecule has 2 rings (SSSR count). The van der Waals surface area contributed by atoms with Crippen molar-refractivity contribution in [2.24, 2.45) is 11.8 Å². The molecule has 2 atom stereocenters. The van der Waals surface area contributed by atoms with E-state index in [2.05, 4.69) is 18.7 Å². The third-order valence-corrected chi connectivity index (χ3v) is 3.66. The summed E-state index contributed by atoms with van der Waals surface area (Å²) in [4.78, 5) is 2.38. The second-order valence-electron chi connectivity index (χ2n) is 5.28. The maximum atomic E-state index is 9.42. The van der Waals surface area contributed by atoms with Crippen LogP contribution in [-0.4, -0.2) is 18.2 Å². The third kappa shape index (κ3) is 2.93. The van der Waals surface area contributed by atoms with Crippen LogP contribution in [0.3, 0.4) is 0 Å². The van der Waals surface area contributed by atoms with Crippen molar-refractivity contribution in [3.05, 3.63) is 28.8 Å². The van der Waals surface area contributed by atoms with E-state index in [4.69, 9.17) is 11.6 Å². The SMILES string of the molecule is CC1CC(C)CN(c2ccc(Cl)cc2CO)C1. The van der Waals surface area contributed by atoms with Gasteiger partial charge in [-0.3, -0.25) is 0 Å². The molecule has 2 nitrogen and oxygen atoms in total. The second-order valence-corrected chi connectivity index (χ2v) is 5.72. The van der Waals surface area contributed by atoms with Crippen LogP contribution in [0, 0.1) is 11.8 Å². The number of nitrogens with zero attached hydrogens (tertiary/aromatic N) is 1. The molecule has 0 aromatic heterocycles. The van der Waals surface area contributed by atoms with E-state index >= 15 is 0 Å². The molecule has 94 valence electrons. The van der Waals surface area contributed by atoms with Crippen LogP contribution in [0.5, 0.6) is 0 Å². The van der Waals surface area contributed by atoms with Gasteiger partial charge in [-0.05, 0) is 36.5 Å². The number of hydrogen-bond acceptors (Lipinski definition) is 2. The second kappa shape index (κ2) is 5.28. The highest BCUT2D eigenvalue weighted by Crippen LogP contribution is 2.30. The van der Waals surface area contributed by atoms with Crippen LogP contribution in [0.2, 0.25) is 5.02 Å². The molecule has 0 amide bonds. The number of rotatable bonds is 2. The van der Waals surface area contributed by atoms with Crippen LogP contribution in [0.15, 0.2) is 18.2 Å². The lowest BCUT2D eigenvalue weighted by molar-refractivity contribution is 0.281. The van der Waals surface area contributed by atoms with Gasteiger partial charge in [-0.2, -0.15) is 0 Å². The van der Waals surface area contributed by atoms with Crippen molar-refractivity contribution >= 4 is 17.3 Å². The molecule has 0 saturated carbocycles. The Kier molecular flexibility index (Phi) is 3.95. The van der Waals surface area contributed by atoms with Crippen molar-refractivity contribution < 1.29 is 5.11 Å². The van der Waals surface area contributed by atoms with Crippen LogP contribution in [0.25, 0.3) is 0 Å². The fourth-order valence-electron chi connectivity index (χ4n) is 2.85. The maximum absolute atomic E-state index is 9.42. The van der Waals surface area contributed by atoms with E-state index in [0.29, 0.717) is 16.9 Å². The van der Waals surface area contributed by atoms with Crippen molar-refractivity contribution in [2.75, 3.05) is 18.0 Å². The Hall–Kier alpha value is -0.730. The van der Waals surface area contributed by atoms with Crippen molar-refractivity contribution in [3.63, 3.8) is 0 Å². The molecule has 2 unspecified atom stereocenters. The Morgan fingerprint density at radius 2 is 1.94 bits per heavy atom. The molecular formula is C14H20ClNO. The van der Waals surface area contributed by atoms with Crippen LogP contribution in [-0.2, 0) is 6.61 Å². The van der Waals surface area contributed by atoms with Gasteiger partial charge in [0.25, 0.3) is 0 Å². The number of piperidine rings is 1. The molecule has 0 radical (unpaired) electrons. The minimum atomic E-state index is 0.0507. The summed E-state index contributed by atoms with van der Waals surface area (Å²) in [5.41, 5.74) is 2.06. The average molecular weight is 254 g/mol. The molecule has 1 aliphatic rings. The summed E-state index contributed by atoms with van der Waals surface area (Å²) >= 11 is 5.96. The number of anilines is 1. The van der Waals surface area contributed by atoms with Gasteiger partial charge >= 0.3 is 0 Å². The highest BCUT2D eigenvalue weighted by Gasteiger charge is 2.23. The monoisotopic (exact) mass is 253 g/mol. The summed E-state index contributed by atoms with van der Waals surface area (Å²) in [6.45, 7) is 6.77. The zero-order valence-corrected chi connectivity index (χ0v) is 11.2. The first-order chi connectivity index (χ1) is 8.10. The van der Waals surface area contributed by atoms with E-state index in [0.717, 1.165) is 24.3 Å². The molecule has 0 bridgehead atoms. The Morgan fingerprint density at radius 1 is 1.29 bits per heavy atom. The largest absolute Gasteiger partial charge is 0.392 e. The van der Waals surface area contributed by atoms with E-state index < -0.39 is 0 Å². The van der Waals surface area contributed by atoms with Gasteiger partial charge in [0.05, 0.1) is 6.61 Å². The molecule has 1 aromatic rings. The summed E-state index contributed by atoms with van der Waals surface area (Å²) in [5, 5.41) is 10.1. The van der Waals surface area contributed by atoms with E-state index in [1.165, 1.54) is 6.42 Å². The predicted octanol–water partition coefficient (Wildman–Crippen LogP) is 3.31. The van der Waals surface area contributed by atoms with E-state index in [9.17, 15) is 5.11 Å². The van der Waals surface area contributed by atoms with Gasteiger partial charge in [-0.15, -0.1) is 0 Å². The molecule has 1 N–H and O–H groups in total. The average Bonchev–Trinajstić information content (AvgIpc) is 2.27. The van der Waals surface area contributed by atoms with Gasteiger partial charge in [-0.25, -0.2) is 0 Å². The van der Waals surface area contributed by atoms with Crippen molar-refractivity contribution in [2.45, 2.75) is 26.9 Å². The van der Waals surface area contributed by atoms with Crippen LogP contribution in [0.4, 0.5) is 5.69 Å². The molecule has 1 saturated heterocycles. The summed E-state index contributed by atoms with van der Waals surface area (Å²) < 4.78 is 0. The minimum Gasteiger partial charge on any atom is -0.392 e. The van der Waals surface area contributed by atoms with Crippen molar-refractivity contribution in [1.82, 2.24) is 0 Å². The minimum absolute atomic E-state index is 0.0507. The Bertz CT molecular complexity index is 384. The zero-order chi connectivity index (χ0) is 12.4. The lowest BCUT2D eigenvalue weighted by Crippen LogP contribution is -2.39. The van der Waals surface area contributed by atoms with E-state index in [1.807, 2.05) is 18.2 Å². The lowest BCUT2D eigenvalue weighted by Gasteiger charge is -2.37. The van der Waals surface area contributed by atoms with Crippen LogP contribution >= 0.6 is 11.6 Å². The molecule has 1 heterocycles. The van der Waals surface area contributed by atoms with Gasteiger partial charge < -0.3 is 10.0 Å². The number of hydrogen-bond donors (Lipinski definition) is 1. The van der Waals surface area contributed by atoms with E-state index in [1.54, 1.807) is 0 Å². The summed E-state index contributed by atoms with van der Waals surface area (Å²) in [6, 6.07) is 5.79. The number of aliphatic hydroxyl groups is 1. The van der Waals surface area contributed by atoms with Gasteiger partial charge in [0.1, 0.15) is 0 Å². The molecule has 0 aliphatic carbocycles. The standard InChI is InChI=1S/C14H20ClNO/c1-10-5-11(2)8-16(7-10)14-4-3-13(15)6-12(14)9-17/h3-4,6,10-11,17H,5,7-9H2,1-2H3. The molecule has 1 fully saturated rings. The first-order valence-electron chi connectivity index (χ1n) is 6.24. The first kappa shape index (κ1) is 12.7. The molecule has 1 aliphatic heterocycles. The summed E-state index contributed by atoms with van der Waals surface area (Å²) in [5.74, 6) is 1.42. The number of halogens is 1.